The van der Waals surface area contributed by atoms with Crippen LogP contribution in [0.1, 0.15) is 24.0 Å². The fourth-order valence-electron chi connectivity index (χ4n) is 3.99. The standard InChI is InChI=1S/C20H21FN6O/c1-25-18-17(6-7-24-18)19(26-8-2-3-16(23)12-26)27(20(25)28)11-14-9-15(21)5-4-13(14)10-22/h4-7,9,16H,2-3,8,11-12,23H2,1H3/p+1/t16-/m1/s1. The average Bonchev–Trinajstić information content (AvgIpc) is 3.16. The first-order chi connectivity index (χ1) is 13.5. The maximum Gasteiger partial charge on any atom is 0.444 e. The number of nitriles is 1. The summed E-state index contributed by atoms with van der Waals surface area (Å²) in [6.07, 6.45) is 3.68. The lowest BCUT2D eigenvalue weighted by Gasteiger charge is -2.29. The Balaban J connectivity index is 1.94. The number of nitrogens with zero attached hydrogens (tertiary/aromatic N) is 4. The van der Waals surface area contributed by atoms with Gasteiger partial charge in [-0.1, -0.05) is 0 Å². The van der Waals surface area contributed by atoms with E-state index in [1.165, 1.54) is 22.8 Å². The molecule has 28 heavy (non-hydrogen) atoms. The Morgan fingerprint density at radius 2 is 2.25 bits per heavy atom. The van der Waals surface area contributed by atoms with Crippen molar-refractivity contribution >= 4 is 16.9 Å². The molecule has 0 bridgehead atoms. The van der Waals surface area contributed by atoms with Gasteiger partial charge < -0.3 is 10.7 Å². The Bertz CT molecular complexity index is 1140. The Hall–Kier alpha value is -3.18. The summed E-state index contributed by atoms with van der Waals surface area (Å²) in [6, 6.07) is 8.06. The van der Waals surface area contributed by atoms with Gasteiger partial charge in [-0.05, 0) is 37.1 Å². The summed E-state index contributed by atoms with van der Waals surface area (Å²) in [4.78, 5) is 18.4. The van der Waals surface area contributed by atoms with E-state index in [2.05, 4.69) is 16.0 Å². The minimum atomic E-state index is -0.435. The van der Waals surface area contributed by atoms with E-state index in [-0.39, 0.29) is 18.3 Å². The number of aromatic nitrogens is 3. The number of aromatic amines is 1. The zero-order chi connectivity index (χ0) is 19.8. The molecule has 8 heteroatoms. The summed E-state index contributed by atoms with van der Waals surface area (Å²) in [5.74, 6) is 0.318. The lowest BCUT2D eigenvalue weighted by atomic mass is 10.1. The first-order valence-electron chi connectivity index (χ1n) is 9.28. The molecule has 3 aromatic rings. The van der Waals surface area contributed by atoms with E-state index >= 15 is 0 Å². The second kappa shape index (κ2) is 7.09. The van der Waals surface area contributed by atoms with Gasteiger partial charge in [-0.2, -0.15) is 9.83 Å². The molecule has 0 unspecified atom stereocenters. The summed E-state index contributed by atoms with van der Waals surface area (Å²) in [5.41, 5.74) is 7.49. The molecule has 0 spiro atoms. The molecule has 1 aliphatic heterocycles. The number of rotatable bonds is 3. The van der Waals surface area contributed by atoms with E-state index in [0.717, 1.165) is 36.2 Å². The van der Waals surface area contributed by atoms with Gasteiger partial charge in [-0.25, -0.2) is 13.8 Å². The molecule has 1 aliphatic rings. The van der Waals surface area contributed by atoms with Crippen LogP contribution < -0.4 is 20.9 Å². The molecule has 1 aromatic carbocycles. The molecule has 3 heterocycles. The molecular weight excluding hydrogens is 359 g/mol. The maximum absolute atomic E-state index is 13.8. The van der Waals surface area contributed by atoms with Crippen molar-refractivity contribution in [2.24, 2.45) is 12.8 Å². The molecule has 7 nitrogen and oxygen atoms in total. The van der Waals surface area contributed by atoms with Gasteiger partial charge in [0.15, 0.2) is 5.65 Å². The second-order valence-electron chi connectivity index (χ2n) is 7.25. The van der Waals surface area contributed by atoms with Crippen molar-refractivity contribution in [2.75, 3.05) is 18.0 Å². The van der Waals surface area contributed by atoms with Crippen molar-refractivity contribution in [3.05, 3.63) is 57.9 Å². The SMILES string of the molecule is Cn1c(=O)[n+](Cc2cc(F)ccc2C#N)c(N2CCC[C@@H](N)C2)c2cc[nH]c21. The van der Waals surface area contributed by atoms with Crippen molar-refractivity contribution in [2.45, 2.75) is 25.4 Å². The Morgan fingerprint density at radius 1 is 1.43 bits per heavy atom. The third-order valence-electron chi connectivity index (χ3n) is 5.35. The molecule has 4 rings (SSSR count). The third kappa shape index (κ3) is 3.04. The van der Waals surface area contributed by atoms with E-state index < -0.39 is 5.82 Å². The smallest absolute Gasteiger partial charge is 0.335 e. The van der Waals surface area contributed by atoms with E-state index in [1.54, 1.807) is 17.8 Å². The van der Waals surface area contributed by atoms with Gasteiger partial charge in [0.1, 0.15) is 17.7 Å². The van der Waals surface area contributed by atoms with Crippen LogP contribution in [-0.4, -0.2) is 28.7 Å². The van der Waals surface area contributed by atoms with Crippen LogP contribution in [-0.2, 0) is 13.6 Å². The topological polar surface area (TPSA) is 94.7 Å². The van der Waals surface area contributed by atoms with Gasteiger partial charge in [0.2, 0.25) is 5.82 Å². The molecular formula is C20H22FN6O+. The van der Waals surface area contributed by atoms with Crippen LogP contribution in [0.3, 0.4) is 0 Å². The largest absolute Gasteiger partial charge is 0.444 e. The van der Waals surface area contributed by atoms with Gasteiger partial charge in [-0.15, -0.1) is 0 Å². The summed E-state index contributed by atoms with van der Waals surface area (Å²) < 4.78 is 17.0. The zero-order valence-corrected chi connectivity index (χ0v) is 15.7. The van der Waals surface area contributed by atoms with Gasteiger partial charge >= 0.3 is 5.69 Å². The van der Waals surface area contributed by atoms with Crippen molar-refractivity contribution in [1.29, 1.82) is 5.26 Å². The van der Waals surface area contributed by atoms with Gasteiger partial charge in [0, 0.05) is 17.8 Å². The molecule has 1 saturated heterocycles. The number of aryl methyl sites for hydroxylation is 1. The number of H-pyrrole nitrogens is 1. The number of piperidine rings is 1. The van der Waals surface area contributed by atoms with Crippen LogP contribution in [0.25, 0.3) is 11.0 Å². The lowest BCUT2D eigenvalue weighted by Crippen LogP contribution is -2.59. The highest BCUT2D eigenvalue weighted by molar-refractivity contribution is 5.86. The van der Waals surface area contributed by atoms with Gasteiger partial charge in [0.05, 0.1) is 31.8 Å². The van der Waals surface area contributed by atoms with Crippen molar-refractivity contribution < 1.29 is 8.96 Å². The summed E-state index contributed by atoms with van der Waals surface area (Å²) >= 11 is 0. The van der Waals surface area contributed by atoms with Crippen molar-refractivity contribution in [3.63, 3.8) is 0 Å². The second-order valence-corrected chi connectivity index (χ2v) is 7.25. The predicted molar refractivity (Wildman–Crippen MR) is 103 cm³/mol. The molecule has 2 aromatic heterocycles. The van der Waals surface area contributed by atoms with Crippen molar-refractivity contribution in [1.82, 2.24) is 9.55 Å². The molecule has 0 radical (unpaired) electrons. The average molecular weight is 381 g/mol. The number of hydrogen-bond acceptors (Lipinski definition) is 4. The first kappa shape index (κ1) is 18.2. The highest BCUT2D eigenvalue weighted by atomic mass is 19.1. The molecule has 144 valence electrons. The van der Waals surface area contributed by atoms with E-state index in [9.17, 15) is 14.4 Å². The van der Waals surface area contributed by atoms with Crippen LogP contribution in [0.2, 0.25) is 0 Å². The summed E-state index contributed by atoms with van der Waals surface area (Å²) in [7, 11) is 1.69. The van der Waals surface area contributed by atoms with E-state index in [4.69, 9.17) is 5.73 Å². The predicted octanol–water partition coefficient (Wildman–Crippen LogP) is 1.14. The van der Waals surface area contributed by atoms with Crippen LogP contribution in [0.15, 0.2) is 35.3 Å². The number of fused-ring (bicyclic) bond motifs is 1. The molecule has 0 aliphatic carbocycles. The molecule has 1 atom stereocenters. The molecule has 0 amide bonds. The third-order valence-corrected chi connectivity index (χ3v) is 5.35. The molecule has 0 saturated carbocycles. The number of benzene rings is 1. The fraction of sp³-hybridized carbons (Fsp3) is 0.350. The highest BCUT2D eigenvalue weighted by Gasteiger charge is 2.30. The van der Waals surface area contributed by atoms with Crippen LogP contribution >= 0.6 is 0 Å². The zero-order valence-electron chi connectivity index (χ0n) is 15.7. The number of hydrogen-bond donors (Lipinski definition) is 2. The number of nitrogens with two attached hydrogens (primary N) is 1. The van der Waals surface area contributed by atoms with Crippen LogP contribution in [0.5, 0.6) is 0 Å². The Kier molecular flexibility index (Phi) is 4.61. The number of halogens is 1. The first-order valence-corrected chi connectivity index (χ1v) is 9.28. The summed E-state index contributed by atoms with van der Waals surface area (Å²) in [5, 5.41) is 10.3. The normalized spacial score (nSPS) is 17.1. The fourth-order valence-corrected chi connectivity index (χ4v) is 3.99. The van der Waals surface area contributed by atoms with E-state index in [0.29, 0.717) is 17.7 Å². The molecule has 3 N–H and O–H groups in total. The maximum atomic E-state index is 13.8. The highest BCUT2D eigenvalue weighted by Crippen LogP contribution is 2.24. The van der Waals surface area contributed by atoms with Crippen LogP contribution in [0, 0.1) is 17.1 Å². The minimum Gasteiger partial charge on any atom is -0.335 e. The molecule has 1 fully saturated rings. The lowest BCUT2D eigenvalue weighted by molar-refractivity contribution is -0.693. The van der Waals surface area contributed by atoms with Gasteiger partial charge in [-0.3, -0.25) is 4.90 Å². The van der Waals surface area contributed by atoms with E-state index in [1.807, 2.05) is 6.07 Å². The quantitative estimate of drug-likeness (QED) is 0.665. The van der Waals surface area contributed by atoms with Crippen molar-refractivity contribution in [3.8, 4) is 6.07 Å². The monoisotopic (exact) mass is 381 g/mol. The minimum absolute atomic E-state index is 0.0316. The van der Waals surface area contributed by atoms with Gasteiger partial charge in [0.25, 0.3) is 0 Å². The Morgan fingerprint density at radius 3 is 3.00 bits per heavy atom. The summed E-state index contributed by atoms with van der Waals surface area (Å²) in [6.45, 7) is 1.53. The van der Waals surface area contributed by atoms with Crippen LogP contribution in [0.4, 0.5) is 10.2 Å². The number of anilines is 1. The Labute approximate surface area is 161 Å². The number of nitrogens with one attached hydrogen (secondary N) is 1.